The Morgan fingerprint density at radius 3 is 2.94 bits per heavy atom. The molecule has 1 atom stereocenters. The quantitative estimate of drug-likeness (QED) is 0.643. The van der Waals surface area contributed by atoms with Crippen molar-refractivity contribution in [3.63, 3.8) is 0 Å². The summed E-state index contributed by atoms with van der Waals surface area (Å²) in [5.41, 5.74) is 6.86. The van der Waals surface area contributed by atoms with E-state index in [2.05, 4.69) is 10.4 Å². The summed E-state index contributed by atoms with van der Waals surface area (Å²) in [5, 5.41) is 16.9. The molecule has 16 heavy (non-hydrogen) atoms. The van der Waals surface area contributed by atoms with Crippen LogP contribution in [0.1, 0.15) is 47.9 Å². The maximum atomic E-state index is 11.3. The fraction of sp³-hybridized carbons (Fsp3) is 0.600. The minimum absolute atomic E-state index is 0.146. The number of aliphatic hydroxyl groups is 1. The van der Waals surface area contributed by atoms with Gasteiger partial charge in [0.1, 0.15) is 6.23 Å². The number of nitrogens with zero attached hydrogens (tertiary/aromatic N) is 2. The molecule has 2 rings (SSSR count). The predicted octanol–water partition coefficient (Wildman–Crippen LogP) is -0.300. The fourth-order valence-electron chi connectivity index (χ4n) is 2.06. The van der Waals surface area contributed by atoms with Crippen LogP contribution >= 0.6 is 0 Å². The van der Waals surface area contributed by atoms with E-state index in [0.29, 0.717) is 12.1 Å². The average molecular weight is 224 g/mol. The van der Waals surface area contributed by atoms with Crippen LogP contribution in [0.15, 0.2) is 0 Å². The van der Waals surface area contributed by atoms with Crippen LogP contribution < -0.4 is 11.1 Å². The second-order valence-corrected chi connectivity index (χ2v) is 4.22. The van der Waals surface area contributed by atoms with Crippen molar-refractivity contribution in [2.75, 3.05) is 6.54 Å². The zero-order valence-corrected chi connectivity index (χ0v) is 9.40. The predicted molar refractivity (Wildman–Crippen MR) is 57.8 cm³/mol. The molecular weight excluding hydrogens is 208 g/mol. The van der Waals surface area contributed by atoms with Crippen LogP contribution in [0.4, 0.5) is 0 Å². The Hall–Kier alpha value is -1.40. The van der Waals surface area contributed by atoms with E-state index in [9.17, 15) is 9.90 Å². The van der Waals surface area contributed by atoms with Crippen LogP contribution in [0.25, 0.3) is 0 Å². The molecule has 1 aliphatic rings. The van der Waals surface area contributed by atoms with Crippen molar-refractivity contribution in [1.29, 1.82) is 0 Å². The molecule has 0 fully saturated rings. The van der Waals surface area contributed by atoms with Gasteiger partial charge in [0.25, 0.3) is 5.91 Å². The molecule has 1 amide bonds. The molecule has 88 valence electrons. The highest BCUT2D eigenvalue weighted by Crippen LogP contribution is 2.26. The summed E-state index contributed by atoms with van der Waals surface area (Å²) in [5.74, 6) is -0.599. The van der Waals surface area contributed by atoms with Gasteiger partial charge in [-0.15, -0.1) is 0 Å². The van der Waals surface area contributed by atoms with Crippen LogP contribution in [0, 0.1) is 0 Å². The molecule has 0 spiro atoms. The first-order chi connectivity index (χ1) is 7.52. The van der Waals surface area contributed by atoms with Gasteiger partial charge in [0.05, 0.1) is 0 Å². The summed E-state index contributed by atoms with van der Waals surface area (Å²) in [4.78, 5) is 11.3. The molecule has 1 aromatic rings. The number of carbonyl (C=O) groups is 1. The van der Waals surface area contributed by atoms with Crippen LogP contribution in [0.5, 0.6) is 0 Å². The number of rotatable bonds is 2. The van der Waals surface area contributed by atoms with Crippen LogP contribution in [-0.2, 0) is 6.42 Å². The molecule has 0 radical (unpaired) electrons. The van der Waals surface area contributed by atoms with Crippen molar-refractivity contribution in [2.24, 2.45) is 5.73 Å². The molecule has 0 aromatic carbocycles. The maximum absolute atomic E-state index is 11.3. The summed E-state index contributed by atoms with van der Waals surface area (Å²) >= 11 is 0. The number of carbonyl (C=O) groups excluding carboxylic acids is 1. The molecular formula is C10H16N4O2. The number of aliphatic hydroxyl groups excluding tert-OH is 1. The Labute approximate surface area is 93.4 Å². The number of fused-ring (bicyclic) bond motifs is 1. The van der Waals surface area contributed by atoms with Crippen molar-refractivity contribution < 1.29 is 9.90 Å². The number of hydrogen-bond donors (Lipinski definition) is 3. The zero-order chi connectivity index (χ0) is 11.9. The van der Waals surface area contributed by atoms with E-state index in [0.717, 1.165) is 12.1 Å². The highest BCUT2D eigenvalue weighted by atomic mass is 16.3. The van der Waals surface area contributed by atoms with Gasteiger partial charge < -0.3 is 10.8 Å². The standard InChI is InChI=1S/C10H16N4O2/c1-5(2)14-6-3-4-12-10(16)7(6)8(13-14)9(11)15/h5,10,12,16H,3-4H2,1-2H3,(H2,11,15). The third-order valence-electron chi connectivity index (χ3n) is 2.75. The van der Waals surface area contributed by atoms with Gasteiger partial charge >= 0.3 is 0 Å². The van der Waals surface area contributed by atoms with Crippen molar-refractivity contribution in [1.82, 2.24) is 15.1 Å². The van der Waals surface area contributed by atoms with Crippen LogP contribution in [0.3, 0.4) is 0 Å². The summed E-state index contributed by atoms with van der Waals surface area (Å²) in [6.07, 6.45) is -0.107. The molecule has 6 nitrogen and oxygen atoms in total. The lowest BCUT2D eigenvalue weighted by Crippen LogP contribution is -2.31. The number of hydrogen-bond acceptors (Lipinski definition) is 4. The molecule has 2 heterocycles. The number of amides is 1. The van der Waals surface area contributed by atoms with E-state index in [1.54, 1.807) is 4.68 Å². The molecule has 0 bridgehead atoms. The molecule has 4 N–H and O–H groups in total. The van der Waals surface area contributed by atoms with Crippen molar-refractivity contribution >= 4 is 5.91 Å². The van der Waals surface area contributed by atoms with E-state index < -0.39 is 12.1 Å². The maximum Gasteiger partial charge on any atom is 0.269 e. The number of aromatic nitrogens is 2. The normalized spacial score (nSPS) is 19.9. The first-order valence-electron chi connectivity index (χ1n) is 5.35. The lowest BCUT2D eigenvalue weighted by atomic mass is 10.0. The van der Waals surface area contributed by atoms with E-state index in [-0.39, 0.29) is 11.7 Å². The highest BCUT2D eigenvalue weighted by molar-refractivity contribution is 5.92. The van der Waals surface area contributed by atoms with Gasteiger partial charge in [-0.2, -0.15) is 5.10 Å². The highest BCUT2D eigenvalue weighted by Gasteiger charge is 2.29. The van der Waals surface area contributed by atoms with Crippen molar-refractivity contribution in [3.8, 4) is 0 Å². The number of nitrogens with one attached hydrogen (secondary N) is 1. The second kappa shape index (κ2) is 3.88. The monoisotopic (exact) mass is 224 g/mol. The first kappa shape index (κ1) is 11.1. The van der Waals surface area contributed by atoms with Gasteiger partial charge in [-0.3, -0.25) is 14.8 Å². The van der Waals surface area contributed by atoms with E-state index in [4.69, 9.17) is 5.73 Å². The third-order valence-corrected chi connectivity index (χ3v) is 2.75. The van der Waals surface area contributed by atoms with Crippen molar-refractivity contribution in [2.45, 2.75) is 32.5 Å². The van der Waals surface area contributed by atoms with Gasteiger partial charge in [-0.1, -0.05) is 0 Å². The molecule has 6 heteroatoms. The summed E-state index contributed by atoms with van der Waals surface area (Å²) in [7, 11) is 0. The largest absolute Gasteiger partial charge is 0.374 e. The van der Waals surface area contributed by atoms with Gasteiger partial charge in [-0.05, 0) is 13.8 Å². The number of nitrogens with two attached hydrogens (primary N) is 1. The van der Waals surface area contributed by atoms with E-state index >= 15 is 0 Å². The molecule has 1 aromatic heterocycles. The zero-order valence-electron chi connectivity index (χ0n) is 9.40. The molecule has 1 aliphatic heterocycles. The van der Waals surface area contributed by atoms with Gasteiger partial charge in [0.2, 0.25) is 0 Å². The topological polar surface area (TPSA) is 93.2 Å². The average Bonchev–Trinajstić information content (AvgIpc) is 2.58. The summed E-state index contributed by atoms with van der Waals surface area (Å²) in [6.45, 7) is 4.63. The first-order valence-corrected chi connectivity index (χ1v) is 5.35. The molecule has 0 saturated heterocycles. The Morgan fingerprint density at radius 1 is 1.69 bits per heavy atom. The van der Waals surface area contributed by atoms with E-state index in [1.807, 2.05) is 13.8 Å². The van der Waals surface area contributed by atoms with Gasteiger partial charge in [0.15, 0.2) is 5.69 Å². The summed E-state index contributed by atoms with van der Waals surface area (Å²) in [6, 6.07) is 0.146. The Kier molecular flexibility index (Phi) is 2.69. The SMILES string of the molecule is CC(C)n1nc(C(N)=O)c2c1CCNC2O. The fourth-order valence-corrected chi connectivity index (χ4v) is 2.06. The minimum atomic E-state index is -0.848. The van der Waals surface area contributed by atoms with E-state index in [1.165, 1.54) is 0 Å². The minimum Gasteiger partial charge on any atom is -0.374 e. The third kappa shape index (κ3) is 1.60. The number of primary amides is 1. The summed E-state index contributed by atoms with van der Waals surface area (Å²) < 4.78 is 1.76. The second-order valence-electron chi connectivity index (χ2n) is 4.22. The lowest BCUT2D eigenvalue weighted by Gasteiger charge is -2.21. The van der Waals surface area contributed by atoms with Crippen LogP contribution in [0.2, 0.25) is 0 Å². The molecule has 1 unspecified atom stereocenters. The van der Waals surface area contributed by atoms with Crippen LogP contribution in [-0.4, -0.2) is 27.3 Å². The Bertz CT molecular complexity index is 425. The molecule has 0 saturated carbocycles. The Balaban J connectivity index is 2.60. The molecule has 0 aliphatic carbocycles. The smallest absolute Gasteiger partial charge is 0.269 e. The van der Waals surface area contributed by atoms with Gasteiger partial charge in [-0.25, -0.2) is 0 Å². The lowest BCUT2D eigenvalue weighted by molar-refractivity contribution is 0.0976. The van der Waals surface area contributed by atoms with Crippen molar-refractivity contribution in [3.05, 3.63) is 17.0 Å². The van der Waals surface area contributed by atoms with Gasteiger partial charge in [0, 0.05) is 30.3 Å². The Morgan fingerprint density at radius 2 is 2.38 bits per heavy atom.